The smallest absolute Gasteiger partial charge is 0.255 e. The van der Waals surface area contributed by atoms with E-state index in [9.17, 15) is 18.4 Å². The van der Waals surface area contributed by atoms with Crippen molar-refractivity contribution >= 4 is 34.8 Å². The van der Waals surface area contributed by atoms with Crippen molar-refractivity contribution in [1.82, 2.24) is 5.32 Å². The molecule has 0 radical (unpaired) electrons. The summed E-state index contributed by atoms with van der Waals surface area (Å²) < 4.78 is 28.1. The molecular weight excluding hydrogens is 412 g/mol. The molecule has 162 valence electrons. The Morgan fingerprint density at radius 2 is 1.69 bits per heavy atom. The van der Waals surface area contributed by atoms with Gasteiger partial charge in [-0.2, -0.15) is 0 Å². The Kier molecular flexibility index (Phi) is 5.98. The summed E-state index contributed by atoms with van der Waals surface area (Å²) in [6, 6.07) is 16.4. The van der Waals surface area contributed by atoms with Gasteiger partial charge in [0.25, 0.3) is 11.8 Å². The van der Waals surface area contributed by atoms with E-state index < -0.39 is 17.5 Å². The topological polar surface area (TPSA) is 84.2 Å². The average molecular weight is 433 g/mol. The Bertz CT molecular complexity index is 1200. The lowest BCUT2D eigenvalue weighted by Gasteiger charge is -2.11. The van der Waals surface area contributed by atoms with Crippen molar-refractivity contribution in [2.75, 3.05) is 11.1 Å². The SMILES string of the molecule is Nc1ccccc1NC(=O)c1ccc(/C=C(/C(=O)NC2CC2)c2cc(F)ccc2F)cc1. The van der Waals surface area contributed by atoms with E-state index in [4.69, 9.17) is 5.73 Å². The number of anilines is 2. The van der Waals surface area contributed by atoms with Gasteiger partial charge >= 0.3 is 0 Å². The number of nitrogen functional groups attached to an aromatic ring is 1. The lowest BCUT2D eigenvalue weighted by molar-refractivity contribution is -0.115. The molecule has 4 rings (SSSR count). The molecule has 0 atom stereocenters. The molecule has 2 amide bonds. The van der Waals surface area contributed by atoms with Gasteiger partial charge in [-0.3, -0.25) is 9.59 Å². The fraction of sp³-hybridized carbons (Fsp3) is 0.120. The minimum Gasteiger partial charge on any atom is -0.397 e. The molecule has 0 bridgehead atoms. The number of rotatable bonds is 6. The molecule has 1 fully saturated rings. The number of benzene rings is 3. The van der Waals surface area contributed by atoms with E-state index in [1.807, 2.05) is 0 Å². The van der Waals surface area contributed by atoms with Gasteiger partial charge in [0.05, 0.1) is 16.9 Å². The summed E-state index contributed by atoms with van der Waals surface area (Å²) in [4.78, 5) is 25.2. The predicted octanol–water partition coefficient (Wildman–Crippen LogP) is 4.62. The van der Waals surface area contributed by atoms with Gasteiger partial charge in [-0.15, -0.1) is 0 Å². The van der Waals surface area contributed by atoms with Crippen molar-refractivity contribution in [2.45, 2.75) is 18.9 Å². The third kappa shape index (κ3) is 5.00. The Balaban J connectivity index is 1.60. The van der Waals surface area contributed by atoms with Gasteiger partial charge in [0, 0.05) is 17.2 Å². The van der Waals surface area contributed by atoms with Crippen LogP contribution in [0.1, 0.15) is 34.3 Å². The van der Waals surface area contributed by atoms with Crippen LogP contribution in [0.15, 0.2) is 66.7 Å². The lowest BCUT2D eigenvalue weighted by atomic mass is 10.0. The van der Waals surface area contributed by atoms with Crippen LogP contribution in [0.4, 0.5) is 20.2 Å². The first-order valence-corrected chi connectivity index (χ1v) is 10.1. The summed E-state index contributed by atoms with van der Waals surface area (Å²) in [5, 5.41) is 5.55. The summed E-state index contributed by atoms with van der Waals surface area (Å²) >= 11 is 0. The molecule has 0 heterocycles. The Morgan fingerprint density at radius 3 is 2.38 bits per heavy atom. The molecule has 5 nitrogen and oxygen atoms in total. The minimum absolute atomic E-state index is 0.0168. The summed E-state index contributed by atoms with van der Waals surface area (Å²) in [6.45, 7) is 0. The molecule has 1 aliphatic carbocycles. The van der Waals surface area contributed by atoms with Crippen LogP contribution in [-0.2, 0) is 4.79 Å². The molecule has 7 heteroatoms. The van der Waals surface area contributed by atoms with Crippen LogP contribution in [0.5, 0.6) is 0 Å². The maximum atomic E-state index is 14.4. The van der Waals surface area contributed by atoms with Gasteiger partial charge in [0.15, 0.2) is 0 Å². The van der Waals surface area contributed by atoms with Crippen molar-refractivity contribution < 1.29 is 18.4 Å². The van der Waals surface area contributed by atoms with Crippen molar-refractivity contribution in [3.05, 3.63) is 95.1 Å². The highest BCUT2D eigenvalue weighted by molar-refractivity contribution is 6.24. The summed E-state index contributed by atoms with van der Waals surface area (Å²) in [5.41, 5.74) is 7.64. The van der Waals surface area contributed by atoms with E-state index in [0.717, 1.165) is 31.0 Å². The van der Waals surface area contributed by atoms with E-state index in [1.54, 1.807) is 48.5 Å². The largest absolute Gasteiger partial charge is 0.397 e. The molecule has 0 spiro atoms. The Morgan fingerprint density at radius 1 is 0.969 bits per heavy atom. The number of carbonyl (C=O) groups is 2. The predicted molar refractivity (Wildman–Crippen MR) is 121 cm³/mol. The first-order valence-electron chi connectivity index (χ1n) is 10.1. The quantitative estimate of drug-likeness (QED) is 0.301. The van der Waals surface area contributed by atoms with E-state index in [0.29, 0.717) is 22.5 Å². The van der Waals surface area contributed by atoms with Gasteiger partial charge in [-0.1, -0.05) is 24.3 Å². The van der Waals surface area contributed by atoms with E-state index >= 15 is 0 Å². The molecule has 0 aliphatic heterocycles. The maximum Gasteiger partial charge on any atom is 0.255 e. The first-order chi connectivity index (χ1) is 15.4. The highest BCUT2D eigenvalue weighted by Gasteiger charge is 2.26. The normalized spacial score (nSPS) is 13.5. The van der Waals surface area contributed by atoms with Crippen molar-refractivity contribution in [3.8, 4) is 0 Å². The highest BCUT2D eigenvalue weighted by Crippen LogP contribution is 2.26. The molecule has 0 aromatic heterocycles. The van der Waals surface area contributed by atoms with Gasteiger partial charge in [0.1, 0.15) is 11.6 Å². The number of nitrogens with one attached hydrogen (secondary N) is 2. The van der Waals surface area contributed by atoms with E-state index in [-0.39, 0.29) is 23.1 Å². The first kappa shape index (κ1) is 21.2. The van der Waals surface area contributed by atoms with Crippen LogP contribution >= 0.6 is 0 Å². The van der Waals surface area contributed by atoms with Gasteiger partial charge in [0.2, 0.25) is 0 Å². The third-order valence-electron chi connectivity index (χ3n) is 5.07. The van der Waals surface area contributed by atoms with Gasteiger partial charge in [-0.25, -0.2) is 8.78 Å². The fourth-order valence-electron chi connectivity index (χ4n) is 3.16. The third-order valence-corrected chi connectivity index (χ3v) is 5.07. The molecule has 32 heavy (non-hydrogen) atoms. The number of halogens is 2. The minimum atomic E-state index is -0.694. The summed E-state index contributed by atoms with van der Waals surface area (Å²) in [5.74, 6) is -2.15. The van der Waals surface area contributed by atoms with Crippen LogP contribution in [-0.4, -0.2) is 17.9 Å². The maximum absolute atomic E-state index is 14.4. The monoisotopic (exact) mass is 433 g/mol. The van der Waals surface area contributed by atoms with Crippen LogP contribution in [0.25, 0.3) is 11.6 Å². The zero-order valence-corrected chi connectivity index (χ0v) is 17.1. The van der Waals surface area contributed by atoms with E-state index in [2.05, 4.69) is 10.6 Å². The average Bonchev–Trinajstić information content (AvgIpc) is 3.60. The zero-order chi connectivity index (χ0) is 22.7. The van der Waals surface area contributed by atoms with Crippen molar-refractivity contribution in [1.29, 1.82) is 0 Å². The molecule has 3 aromatic rings. The molecule has 3 aromatic carbocycles. The number of hydrogen-bond acceptors (Lipinski definition) is 3. The molecule has 4 N–H and O–H groups in total. The zero-order valence-electron chi connectivity index (χ0n) is 17.1. The standard InChI is InChI=1S/C25H21F2N3O2/c26-17-9-12-21(27)19(14-17)20(25(32)29-18-10-11-18)13-15-5-7-16(8-6-15)24(31)30-23-4-2-1-3-22(23)28/h1-9,12-14,18H,10-11,28H2,(H,29,32)(H,30,31)/b20-13+. The van der Waals surface area contributed by atoms with Crippen molar-refractivity contribution in [3.63, 3.8) is 0 Å². The Labute approximate surface area is 183 Å². The van der Waals surface area contributed by atoms with E-state index in [1.165, 1.54) is 6.08 Å². The lowest BCUT2D eigenvalue weighted by Crippen LogP contribution is -2.26. The molecule has 0 unspecified atom stereocenters. The number of para-hydroxylation sites is 2. The number of nitrogens with two attached hydrogens (primary N) is 1. The molecule has 1 saturated carbocycles. The highest BCUT2D eigenvalue weighted by atomic mass is 19.1. The van der Waals surface area contributed by atoms with Gasteiger partial charge < -0.3 is 16.4 Å². The summed E-state index contributed by atoms with van der Waals surface area (Å²) in [7, 11) is 0. The van der Waals surface area contributed by atoms with Gasteiger partial charge in [-0.05, 0) is 66.9 Å². The fourth-order valence-corrected chi connectivity index (χ4v) is 3.16. The second-order valence-electron chi connectivity index (χ2n) is 7.59. The molecule has 1 aliphatic rings. The van der Waals surface area contributed by atoms with Crippen molar-refractivity contribution in [2.24, 2.45) is 0 Å². The second-order valence-corrected chi connectivity index (χ2v) is 7.59. The number of hydrogen-bond donors (Lipinski definition) is 3. The molecular formula is C25H21F2N3O2. The molecule has 0 saturated heterocycles. The van der Waals surface area contributed by atoms with Crippen LogP contribution in [0.2, 0.25) is 0 Å². The number of amides is 2. The Hall–Kier alpha value is -4.00. The summed E-state index contributed by atoms with van der Waals surface area (Å²) in [6.07, 6.45) is 3.20. The van der Waals surface area contributed by atoms with Crippen LogP contribution in [0.3, 0.4) is 0 Å². The van der Waals surface area contributed by atoms with Crippen LogP contribution in [0, 0.1) is 11.6 Å². The van der Waals surface area contributed by atoms with Crippen LogP contribution < -0.4 is 16.4 Å². The second kappa shape index (κ2) is 9.01. The number of carbonyl (C=O) groups excluding carboxylic acids is 2.